The van der Waals surface area contributed by atoms with Gasteiger partial charge in [0.25, 0.3) is 5.69 Å². The van der Waals surface area contributed by atoms with Crippen molar-refractivity contribution in [1.82, 2.24) is 0 Å². The van der Waals surface area contributed by atoms with Crippen molar-refractivity contribution in [1.29, 1.82) is 0 Å². The molecule has 0 saturated heterocycles. The topological polar surface area (TPSA) is 124 Å². The van der Waals surface area contributed by atoms with Gasteiger partial charge >= 0.3 is 0 Å². The number of phenols is 4. The van der Waals surface area contributed by atoms with Crippen LogP contribution in [0.3, 0.4) is 0 Å². The van der Waals surface area contributed by atoms with Crippen molar-refractivity contribution in [3.8, 4) is 23.0 Å². The van der Waals surface area contributed by atoms with E-state index < -0.39 is 10.8 Å². The van der Waals surface area contributed by atoms with Gasteiger partial charge in [-0.2, -0.15) is 0 Å². The second-order valence-corrected chi connectivity index (χ2v) is 6.29. The van der Waals surface area contributed by atoms with E-state index in [-0.39, 0.29) is 39.3 Å². The van der Waals surface area contributed by atoms with Crippen LogP contribution in [0.5, 0.6) is 23.0 Å². The van der Waals surface area contributed by atoms with Crippen molar-refractivity contribution in [2.75, 3.05) is 0 Å². The molecule has 0 radical (unpaired) electrons. The number of aromatic hydroxyl groups is 4. The van der Waals surface area contributed by atoms with Crippen LogP contribution in [0.2, 0.25) is 5.02 Å². The molecule has 0 amide bonds. The number of non-ortho nitro benzene ring substituents is 1. The van der Waals surface area contributed by atoms with Gasteiger partial charge in [0.2, 0.25) is 0 Å². The highest BCUT2D eigenvalue weighted by Crippen LogP contribution is 2.44. The number of hydrogen-bond donors (Lipinski definition) is 4. The van der Waals surface area contributed by atoms with Crippen molar-refractivity contribution < 1.29 is 25.3 Å². The summed E-state index contributed by atoms with van der Waals surface area (Å²) in [4.78, 5) is 10.4. The van der Waals surface area contributed by atoms with Crippen LogP contribution >= 0.6 is 11.6 Å². The summed E-state index contributed by atoms with van der Waals surface area (Å²) in [5.41, 5.74) is 1.02. The Balaban J connectivity index is 2.23. The van der Waals surface area contributed by atoms with E-state index in [1.807, 2.05) is 0 Å². The molecule has 8 heteroatoms. The van der Waals surface area contributed by atoms with Crippen LogP contribution in [-0.4, -0.2) is 25.3 Å². The monoisotopic (exact) mass is 387 g/mol. The summed E-state index contributed by atoms with van der Waals surface area (Å²) < 4.78 is 0. The molecule has 0 fully saturated rings. The van der Waals surface area contributed by atoms with Crippen molar-refractivity contribution in [2.45, 2.75) is 5.92 Å². The Hall–Kier alpha value is -3.45. The lowest BCUT2D eigenvalue weighted by Gasteiger charge is -2.21. The van der Waals surface area contributed by atoms with Gasteiger partial charge in [0.15, 0.2) is 0 Å². The zero-order valence-electron chi connectivity index (χ0n) is 13.7. The molecule has 0 aliphatic rings. The van der Waals surface area contributed by atoms with Crippen LogP contribution in [0, 0.1) is 10.1 Å². The van der Waals surface area contributed by atoms with Crippen molar-refractivity contribution >= 4 is 17.3 Å². The first kappa shape index (κ1) is 18.3. The van der Waals surface area contributed by atoms with Crippen molar-refractivity contribution in [3.05, 3.63) is 86.4 Å². The third kappa shape index (κ3) is 3.58. The number of halogens is 1. The minimum atomic E-state index is -0.760. The fraction of sp³-hybridized carbons (Fsp3) is 0.0526. The van der Waals surface area contributed by atoms with Gasteiger partial charge < -0.3 is 20.4 Å². The maximum Gasteiger partial charge on any atom is 0.269 e. The number of phenolic OH excluding ortho intramolecular Hbond substituents is 4. The summed E-state index contributed by atoms with van der Waals surface area (Å²) in [7, 11) is 0. The molecule has 0 heterocycles. The number of nitro benzene ring substituents is 1. The van der Waals surface area contributed by atoms with Gasteiger partial charge in [-0.05, 0) is 17.7 Å². The SMILES string of the molecule is O=[N+]([O-])c1ccc(C(c2ccc(O)cc2O)c2cc(Cl)c(O)cc2O)cc1. The van der Waals surface area contributed by atoms with E-state index in [0.29, 0.717) is 11.1 Å². The minimum absolute atomic E-state index is 0.00650. The Kier molecular flexibility index (Phi) is 4.79. The number of benzene rings is 3. The molecule has 0 bridgehead atoms. The third-order valence-electron chi connectivity index (χ3n) is 4.17. The first-order valence-corrected chi connectivity index (χ1v) is 8.13. The van der Waals surface area contributed by atoms with Gasteiger partial charge in [-0.1, -0.05) is 29.8 Å². The van der Waals surface area contributed by atoms with E-state index in [4.69, 9.17) is 11.6 Å². The van der Waals surface area contributed by atoms with Gasteiger partial charge in [-0.15, -0.1) is 0 Å². The molecule has 0 aliphatic heterocycles. The van der Waals surface area contributed by atoms with E-state index >= 15 is 0 Å². The van der Waals surface area contributed by atoms with Gasteiger partial charge in [-0.25, -0.2) is 0 Å². The summed E-state index contributed by atoms with van der Waals surface area (Å²) >= 11 is 5.98. The van der Waals surface area contributed by atoms with Crippen LogP contribution in [0.15, 0.2) is 54.6 Å². The first-order chi connectivity index (χ1) is 12.8. The lowest BCUT2D eigenvalue weighted by atomic mass is 9.84. The van der Waals surface area contributed by atoms with E-state index in [0.717, 1.165) is 12.1 Å². The molecule has 0 aromatic heterocycles. The van der Waals surface area contributed by atoms with E-state index in [1.165, 1.54) is 42.5 Å². The molecule has 138 valence electrons. The molecule has 3 rings (SSSR count). The smallest absolute Gasteiger partial charge is 0.269 e. The maximum atomic E-state index is 10.9. The zero-order chi connectivity index (χ0) is 19.7. The molecule has 7 nitrogen and oxygen atoms in total. The van der Waals surface area contributed by atoms with Crippen LogP contribution in [-0.2, 0) is 0 Å². The fourth-order valence-corrected chi connectivity index (χ4v) is 3.06. The van der Waals surface area contributed by atoms with Crippen molar-refractivity contribution in [2.24, 2.45) is 0 Å². The number of nitro groups is 1. The predicted molar refractivity (Wildman–Crippen MR) is 98.6 cm³/mol. The van der Waals surface area contributed by atoms with E-state index in [2.05, 4.69) is 0 Å². The largest absolute Gasteiger partial charge is 0.508 e. The first-order valence-electron chi connectivity index (χ1n) is 7.75. The molecule has 3 aromatic rings. The molecule has 3 aromatic carbocycles. The number of nitrogens with zero attached hydrogens (tertiary/aromatic N) is 1. The number of rotatable bonds is 4. The Morgan fingerprint density at radius 3 is 2.04 bits per heavy atom. The quantitative estimate of drug-likeness (QED) is 0.301. The normalized spacial score (nSPS) is 11.9. The highest BCUT2D eigenvalue weighted by Gasteiger charge is 2.25. The molecule has 1 atom stereocenters. The van der Waals surface area contributed by atoms with Gasteiger partial charge in [0, 0.05) is 41.3 Å². The van der Waals surface area contributed by atoms with Crippen LogP contribution in [0.1, 0.15) is 22.6 Å². The molecule has 0 aliphatic carbocycles. The predicted octanol–water partition coefficient (Wildman–Crippen LogP) is 4.25. The summed E-state index contributed by atoms with van der Waals surface area (Å²) in [6, 6.07) is 12.0. The molecule has 0 saturated carbocycles. The van der Waals surface area contributed by atoms with Crippen molar-refractivity contribution in [3.63, 3.8) is 0 Å². The van der Waals surface area contributed by atoms with Crippen LogP contribution < -0.4 is 0 Å². The summed E-state index contributed by atoms with van der Waals surface area (Å²) in [6.45, 7) is 0. The minimum Gasteiger partial charge on any atom is -0.508 e. The van der Waals surface area contributed by atoms with Crippen LogP contribution in [0.4, 0.5) is 5.69 Å². The molecular formula is C19H14ClNO6. The second-order valence-electron chi connectivity index (χ2n) is 5.89. The average Bonchev–Trinajstić information content (AvgIpc) is 2.61. The third-order valence-corrected chi connectivity index (χ3v) is 4.47. The molecule has 0 spiro atoms. The molecule has 1 unspecified atom stereocenters. The Morgan fingerprint density at radius 1 is 0.815 bits per heavy atom. The number of hydrogen-bond acceptors (Lipinski definition) is 6. The fourth-order valence-electron chi connectivity index (χ4n) is 2.89. The lowest BCUT2D eigenvalue weighted by Crippen LogP contribution is -2.05. The zero-order valence-corrected chi connectivity index (χ0v) is 14.5. The highest BCUT2D eigenvalue weighted by atomic mass is 35.5. The van der Waals surface area contributed by atoms with Gasteiger partial charge in [0.05, 0.1) is 9.95 Å². The molecule has 4 N–H and O–H groups in total. The Bertz CT molecular complexity index is 1020. The van der Waals surface area contributed by atoms with Gasteiger partial charge in [0.1, 0.15) is 23.0 Å². The van der Waals surface area contributed by atoms with E-state index in [1.54, 1.807) is 0 Å². The average molecular weight is 388 g/mol. The lowest BCUT2D eigenvalue weighted by molar-refractivity contribution is -0.384. The second kappa shape index (κ2) is 7.05. The van der Waals surface area contributed by atoms with Gasteiger partial charge in [-0.3, -0.25) is 10.1 Å². The van der Waals surface area contributed by atoms with E-state index in [9.17, 15) is 30.5 Å². The Morgan fingerprint density at radius 2 is 1.44 bits per heavy atom. The Labute approximate surface area is 158 Å². The summed E-state index contributed by atoms with van der Waals surface area (Å²) in [5.74, 6) is -1.72. The standard InChI is InChI=1S/C19H14ClNO6/c20-15-8-14(17(24)9-18(15)25)19(13-6-5-12(22)7-16(13)23)10-1-3-11(4-2-10)21(26)27/h1-9,19,22-25H. The van der Waals surface area contributed by atoms with Crippen LogP contribution in [0.25, 0.3) is 0 Å². The summed E-state index contributed by atoms with van der Waals surface area (Å²) in [5, 5.41) is 50.8. The maximum absolute atomic E-state index is 10.9. The molecular weight excluding hydrogens is 374 g/mol. The molecule has 27 heavy (non-hydrogen) atoms. The summed E-state index contributed by atoms with van der Waals surface area (Å²) in [6.07, 6.45) is 0. The highest BCUT2D eigenvalue weighted by molar-refractivity contribution is 6.32.